The zero-order valence-corrected chi connectivity index (χ0v) is 12.1. The molecule has 2 rings (SSSR count). The van der Waals surface area contributed by atoms with Gasteiger partial charge in [0.05, 0.1) is 5.33 Å². The number of hydrogen-bond acceptors (Lipinski definition) is 6. The minimum absolute atomic E-state index is 0.419. The number of nitriles is 1. The second-order valence-electron chi connectivity index (χ2n) is 3.71. The van der Waals surface area contributed by atoms with E-state index in [0.717, 1.165) is 5.76 Å². The Morgan fingerprint density at radius 1 is 1.67 bits per heavy atom. The van der Waals surface area contributed by atoms with Crippen LogP contribution in [0.2, 0.25) is 0 Å². The second kappa shape index (κ2) is 5.18. The van der Waals surface area contributed by atoms with Crippen LogP contribution >= 0.6 is 28.7 Å². The highest BCUT2D eigenvalue weighted by atomic mass is 79.9. The summed E-state index contributed by atoms with van der Waals surface area (Å²) in [5, 5.41) is 9.83. The molecule has 1 aromatic rings. The lowest BCUT2D eigenvalue weighted by molar-refractivity contribution is 0.434. The van der Waals surface area contributed by atoms with Crippen LogP contribution in [0, 0.1) is 11.3 Å². The van der Waals surface area contributed by atoms with Gasteiger partial charge < -0.3 is 4.42 Å². The molecule has 1 atom stereocenters. The number of furan rings is 1. The van der Waals surface area contributed by atoms with Gasteiger partial charge in [0.15, 0.2) is 12.0 Å². The SMILES string of the molecule is CC1=C(C#N)C(c2ccc(CBr)o2)=NC(N)N1S. The van der Waals surface area contributed by atoms with Crippen molar-refractivity contribution in [2.45, 2.75) is 18.5 Å². The van der Waals surface area contributed by atoms with Crippen LogP contribution in [0.25, 0.3) is 0 Å². The first kappa shape index (κ1) is 13.2. The summed E-state index contributed by atoms with van der Waals surface area (Å²) in [4.78, 5) is 4.24. The maximum atomic E-state index is 9.22. The zero-order valence-electron chi connectivity index (χ0n) is 9.59. The summed E-state index contributed by atoms with van der Waals surface area (Å²) in [7, 11) is 0. The first-order valence-corrected chi connectivity index (χ1v) is 6.68. The molecule has 0 saturated heterocycles. The highest BCUT2D eigenvalue weighted by Gasteiger charge is 2.26. The van der Waals surface area contributed by atoms with Crippen molar-refractivity contribution in [2.24, 2.45) is 10.7 Å². The summed E-state index contributed by atoms with van der Waals surface area (Å²) in [6.45, 7) is 1.77. The Labute approximate surface area is 119 Å². The van der Waals surface area contributed by atoms with Gasteiger partial charge in [-0.2, -0.15) is 5.26 Å². The van der Waals surface area contributed by atoms with Gasteiger partial charge in [-0.05, 0) is 19.1 Å². The highest BCUT2D eigenvalue weighted by Crippen LogP contribution is 2.25. The minimum Gasteiger partial charge on any atom is -0.459 e. The molecule has 1 aliphatic heterocycles. The molecular formula is C11H11BrN4OS. The molecule has 94 valence electrons. The fourth-order valence-electron chi connectivity index (χ4n) is 1.63. The van der Waals surface area contributed by atoms with Crippen molar-refractivity contribution < 1.29 is 4.42 Å². The number of aliphatic imine (C=N–C) groups is 1. The van der Waals surface area contributed by atoms with Gasteiger partial charge in [0.25, 0.3) is 0 Å². The van der Waals surface area contributed by atoms with E-state index in [1.807, 2.05) is 6.07 Å². The number of nitrogens with two attached hydrogens (primary N) is 1. The van der Waals surface area contributed by atoms with Crippen molar-refractivity contribution in [3.63, 3.8) is 0 Å². The third-order valence-electron chi connectivity index (χ3n) is 2.59. The predicted octanol–water partition coefficient (Wildman–Crippen LogP) is 2.16. The number of thiol groups is 1. The van der Waals surface area contributed by atoms with Crippen LogP contribution in [-0.4, -0.2) is 16.3 Å². The Balaban J connectivity index is 2.49. The molecule has 18 heavy (non-hydrogen) atoms. The first-order valence-electron chi connectivity index (χ1n) is 5.16. The lowest BCUT2D eigenvalue weighted by Crippen LogP contribution is -2.38. The highest BCUT2D eigenvalue weighted by molar-refractivity contribution is 9.08. The Bertz CT molecular complexity index is 572. The average molecular weight is 327 g/mol. The zero-order chi connectivity index (χ0) is 13.3. The largest absolute Gasteiger partial charge is 0.459 e. The third-order valence-corrected chi connectivity index (χ3v) is 3.68. The molecule has 1 aliphatic rings. The summed E-state index contributed by atoms with van der Waals surface area (Å²) in [5.41, 5.74) is 7.37. The number of nitrogens with zero attached hydrogens (tertiary/aromatic N) is 3. The monoisotopic (exact) mass is 326 g/mol. The molecule has 0 aliphatic carbocycles. The third kappa shape index (κ3) is 2.19. The van der Waals surface area contributed by atoms with E-state index in [1.165, 1.54) is 4.31 Å². The van der Waals surface area contributed by atoms with Crippen LogP contribution in [0.5, 0.6) is 0 Å². The van der Waals surface area contributed by atoms with Crippen LogP contribution in [0.4, 0.5) is 0 Å². The van der Waals surface area contributed by atoms with Crippen LogP contribution in [0.15, 0.2) is 32.8 Å². The molecule has 1 aromatic heterocycles. The van der Waals surface area contributed by atoms with Gasteiger partial charge in [0.1, 0.15) is 23.1 Å². The normalized spacial score (nSPS) is 19.8. The average Bonchev–Trinajstić information content (AvgIpc) is 2.84. The van der Waals surface area contributed by atoms with E-state index < -0.39 is 6.29 Å². The molecule has 1 unspecified atom stereocenters. The van der Waals surface area contributed by atoms with Crippen molar-refractivity contribution in [3.8, 4) is 6.07 Å². The number of rotatable bonds is 2. The maximum absolute atomic E-state index is 9.22. The van der Waals surface area contributed by atoms with Crippen molar-refractivity contribution in [2.75, 3.05) is 0 Å². The summed E-state index contributed by atoms with van der Waals surface area (Å²) < 4.78 is 7.03. The van der Waals surface area contributed by atoms with Crippen LogP contribution in [0.1, 0.15) is 18.4 Å². The number of allylic oxidation sites excluding steroid dienone is 2. The summed E-state index contributed by atoms with van der Waals surface area (Å²) in [6, 6.07) is 5.72. The van der Waals surface area contributed by atoms with Crippen LogP contribution < -0.4 is 5.73 Å². The van der Waals surface area contributed by atoms with E-state index in [0.29, 0.717) is 28.1 Å². The molecule has 0 amide bonds. The van der Waals surface area contributed by atoms with E-state index >= 15 is 0 Å². The van der Waals surface area contributed by atoms with Crippen molar-refractivity contribution in [1.29, 1.82) is 5.26 Å². The first-order chi connectivity index (χ1) is 8.58. The topological polar surface area (TPSA) is 78.5 Å². The lowest BCUT2D eigenvalue weighted by atomic mass is 10.1. The number of alkyl halides is 1. The predicted molar refractivity (Wildman–Crippen MR) is 75.0 cm³/mol. The molecule has 0 fully saturated rings. The fraction of sp³-hybridized carbons (Fsp3) is 0.273. The van der Waals surface area contributed by atoms with Gasteiger partial charge in [-0.15, -0.1) is 0 Å². The summed E-state index contributed by atoms with van der Waals surface area (Å²) in [5.74, 6) is 1.31. The molecule has 2 N–H and O–H groups in total. The van der Waals surface area contributed by atoms with Crippen molar-refractivity contribution in [1.82, 2.24) is 4.31 Å². The lowest BCUT2D eigenvalue weighted by Gasteiger charge is -2.28. The van der Waals surface area contributed by atoms with Gasteiger partial charge >= 0.3 is 0 Å². The molecule has 0 spiro atoms. The molecule has 0 aromatic carbocycles. The van der Waals surface area contributed by atoms with Gasteiger partial charge in [-0.25, -0.2) is 4.99 Å². The Kier molecular flexibility index (Phi) is 3.80. The smallest absolute Gasteiger partial charge is 0.183 e. The molecule has 0 saturated carbocycles. The fourth-order valence-corrected chi connectivity index (χ4v) is 2.09. The van der Waals surface area contributed by atoms with E-state index in [-0.39, 0.29) is 0 Å². The Morgan fingerprint density at radius 3 is 2.94 bits per heavy atom. The van der Waals surface area contributed by atoms with Gasteiger partial charge in [0, 0.05) is 5.70 Å². The van der Waals surface area contributed by atoms with E-state index in [2.05, 4.69) is 39.8 Å². The van der Waals surface area contributed by atoms with Gasteiger partial charge in [-0.1, -0.05) is 28.7 Å². The molecular weight excluding hydrogens is 316 g/mol. The quantitative estimate of drug-likeness (QED) is 0.644. The Hall–Kier alpha value is -1.23. The van der Waals surface area contributed by atoms with Gasteiger partial charge in [0.2, 0.25) is 0 Å². The molecule has 0 bridgehead atoms. The maximum Gasteiger partial charge on any atom is 0.183 e. The standard InChI is InChI=1S/C11H11BrN4OS/c1-6-8(5-13)10(15-11(14)16(6)18)9-3-2-7(4-12)17-9/h2-3,11,18H,4,14H2,1H3. The molecule has 7 heteroatoms. The molecule has 5 nitrogen and oxygen atoms in total. The number of halogens is 1. The summed E-state index contributed by atoms with van der Waals surface area (Å²) >= 11 is 7.50. The van der Waals surface area contributed by atoms with Crippen LogP contribution in [-0.2, 0) is 5.33 Å². The number of hydrogen-bond donors (Lipinski definition) is 2. The second-order valence-corrected chi connectivity index (χ2v) is 4.70. The molecule has 2 heterocycles. The van der Waals surface area contributed by atoms with Crippen molar-refractivity contribution >= 4 is 34.5 Å². The van der Waals surface area contributed by atoms with E-state index in [4.69, 9.17) is 10.2 Å². The van der Waals surface area contributed by atoms with Crippen molar-refractivity contribution in [3.05, 3.63) is 34.9 Å². The minimum atomic E-state index is -0.627. The Morgan fingerprint density at radius 2 is 2.39 bits per heavy atom. The van der Waals surface area contributed by atoms with E-state index in [9.17, 15) is 5.26 Å². The molecule has 0 radical (unpaired) electrons. The van der Waals surface area contributed by atoms with E-state index in [1.54, 1.807) is 13.0 Å². The van der Waals surface area contributed by atoms with Crippen LogP contribution in [0.3, 0.4) is 0 Å². The van der Waals surface area contributed by atoms with Gasteiger partial charge in [-0.3, -0.25) is 10.0 Å². The summed E-state index contributed by atoms with van der Waals surface area (Å²) in [6.07, 6.45) is -0.627.